The Kier molecular flexibility index (Phi) is 2.91. The molecule has 8 heteroatoms. The van der Waals surface area contributed by atoms with E-state index in [0.29, 0.717) is 0 Å². The van der Waals surface area contributed by atoms with Crippen LogP contribution in [0.5, 0.6) is 0 Å². The predicted octanol–water partition coefficient (Wildman–Crippen LogP) is -1.13. The van der Waals surface area contributed by atoms with E-state index >= 15 is 0 Å². The third kappa shape index (κ3) is 2.23. The van der Waals surface area contributed by atoms with Gasteiger partial charge in [-0.25, -0.2) is 4.79 Å². The van der Waals surface area contributed by atoms with Crippen LogP contribution in [-0.4, -0.2) is 26.5 Å². The Morgan fingerprint density at radius 3 is 2.58 bits per heavy atom. The number of carboxylic acids is 1. The van der Waals surface area contributed by atoms with E-state index in [9.17, 15) is 19.2 Å². The third-order valence-electron chi connectivity index (χ3n) is 2.54. The van der Waals surface area contributed by atoms with E-state index in [1.54, 1.807) is 0 Å². The molecule has 0 saturated heterocycles. The van der Waals surface area contributed by atoms with Gasteiger partial charge in [0.1, 0.15) is 6.54 Å². The van der Waals surface area contributed by atoms with Gasteiger partial charge in [0.2, 0.25) is 5.91 Å². The number of aromatic nitrogens is 2. The number of hydrogen-bond donors (Lipinski definition) is 3. The molecule has 1 amide bonds. The second-order valence-electron chi connectivity index (χ2n) is 3.85. The van der Waals surface area contributed by atoms with Gasteiger partial charge in [-0.1, -0.05) is 0 Å². The van der Waals surface area contributed by atoms with Gasteiger partial charge in [0.05, 0.1) is 16.6 Å². The zero-order valence-electron chi connectivity index (χ0n) is 9.54. The molecule has 1 heterocycles. The van der Waals surface area contributed by atoms with E-state index < -0.39 is 29.5 Å². The fourth-order valence-corrected chi connectivity index (χ4v) is 1.71. The Balaban J connectivity index is 2.87. The van der Waals surface area contributed by atoms with Crippen molar-refractivity contribution >= 4 is 22.9 Å². The first-order valence-corrected chi connectivity index (χ1v) is 5.18. The van der Waals surface area contributed by atoms with Crippen molar-refractivity contribution in [3.05, 3.63) is 44.5 Å². The van der Waals surface area contributed by atoms with E-state index in [2.05, 4.69) is 4.98 Å². The molecule has 1 aromatic carbocycles. The predicted molar refractivity (Wildman–Crippen MR) is 65.0 cm³/mol. The highest BCUT2D eigenvalue weighted by molar-refractivity contribution is 5.92. The number of primary amides is 1. The quantitative estimate of drug-likeness (QED) is 0.602. The van der Waals surface area contributed by atoms with Crippen molar-refractivity contribution in [2.75, 3.05) is 0 Å². The maximum atomic E-state index is 11.7. The molecule has 0 aliphatic rings. The first kappa shape index (κ1) is 12.6. The monoisotopic (exact) mass is 263 g/mol. The highest BCUT2D eigenvalue weighted by atomic mass is 16.4. The van der Waals surface area contributed by atoms with Crippen molar-refractivity contribution in [2.45, 2.75) is 6.54 Å². The number of hydrogen-bond acceptors (Lipinski definition) is 4. The van der Waals surface area contributed by atoms with Crippen molar-refractivity contribution in [3.8, 4) is 0 Å². The Bertz CT molecular complexity index is 802. The number of aromatic carboxylic acids is 1. The number of nitrogens with one attached hydrogen (secondary N) is 1. The van der Waals surface area contributed by atoms with Crippen LogP contribution in [0.2, 0.25) is 0 Å². The summed E-state index contributed by atoms with van der Waals surface area (Å²) in [5.74, 6) is -2.00. The van der Waals surface area contributed by atoms with Gasteiger partial charge < -0.3 is 15.8 Å². The molecule has 2 aromatic rings. The van der Waals surface area contributed by atoms with Crippen molar-refractivity contribution in [1.82, 2.24) is 9.55 Å². The Morgan fingerprint density at radius 1 is 1.32 bits per heavy atom. The molecule has 2 rings (SSSR count). The summed E-state index contributed by atoms with van der Waals surface area (Å²) >= 11 is 0. The number of benzene rings is 1. The van der Waals surface area contributed by atoms with E-state index in [-0.39, 0.29) is 16.6 Å². The molecular formula is C11H9N3O5. The molecule has 0 aliphatic carbocycles. The van der Waals surface area contributed by atoms with Crippen LogP contribution >= 0.6 is 0 Å². The van der Waals surface area contributed by atoms with Crippen molar-refractivity contribution in [2.24, 2.45) is 5.73 Å². The first-order chi connectivity index (χ1) is 8.90. The molecule has 4 N–H and O–H groups in total. The molecular weight excluding hydrogens is 254 g/mol. The van der Waals surface area contributed by atoms with Crippen LogP contribution in [0.4, 0.5) is 0 Å². The number of carbonyl (C=O) groups is 2. The number of carboxylic acid groups (broad SMARTS) is 1. The van der Waals surface area contributed by atoms with Gasteiger partial charge in [0.15, 0.2) is 0 Å². The number of carbonyl (C=O) groups excluding carboxylic acids is 1. The van der Waals surface area contributed by atoms with E-state index in [1.807, 2.05) is 0 Å². The second kappa shape index (κ2) is 4.41. The lowest BCUT2D eigenvalue weighted by molar-refractivity contribution is -0.118. The maximum absolute atomic E-state index is 11.7. The smallest absolute Gasteiger partial charge is 0.335 e. The first-order valence-electron chi connectivity index (χ1n) is 5.18. The topological polar surface area (TPSA) is 135 Å². The second-order valence-corrected chi connectivity index (χ2v) is 3.85. The molecule has 8 nitrogen and oxygen atoms in total. The van der Waals surface area contributed by atoms with Crippen LogP contribution in [-0.2, 0) is 11.3 Å². The zero-order chi connectivity index (χ0) is 14.2. The van der Waals surface area contributed by atoms with Crippen molar-refractivity contribution in [1.29, 1.82) is 0 Å². The van der Waals surface area contributed by atoms with Gasteiger partial charge in [-0.2, -0.15) is 0 Å². The molecule has 0 atom stereocenters. The summed E-state index contributed by atoms with van der Waals surface area (Å²) < 4.78 is 0.850. The van der Waals surface area contributed by atoms with Crippen LogP contribution in [0.25, 0.3) is 11.0 Å². The number of H-pyrrole nitrogens is 1. The average molecular weight is 263 g/mol. The Morgan fingerprint density at radius 2 is 2.00 bits per heavy atom. The lowest BCUT2D eigenvalue weighted by Gasteiger charge is -2.08. The molecule has 0 fully saturated rings. The van der Waals surface area contributed by atoms with Crippen LogP contribution in [0.1, 0.15) is 10.4 Å². The van der Waals surface area contributed by atoms with Crippen LogP contribution in [0, 0.1) is 0 Å². The summed E-state index contributed by atoms with van der Waals surface area (Å²) in [5, 5.41) is 8.89. The van der Waals surface area contributed by atoms with Crippen LogP contribution in [0.3, 0.4) is 0 Å². The molecule has 0 radical (unpaired) electrons. The highest BCUT2D eigenvalue weighted by Gasteiger charge is 2.12. The molecule has 98 valence electrons. The largest absolute Gasteiger partial charge is 0.478 e. The normalized spacial score (nSPS) is 10.5. The number of nitrogens with two attached hydrogens (primary N) is 1. The molecule has 0 unspecified atom stereocenters. The standard InChI is InChI=1S/C11H9N3O5/c12-8(15)4-14-7-3-5(11(18)19)1-2-6(7)13-9(16)10(14)17/h1-3H,4H2,(H2,12,15)(H,13,16)(H,18,19). The Labute approximate surface area is 105 Å². The fourth-order valence-electron chi connectivity index (χ4n) is 1.71. The van der Waals surface area contributed by atoms with E-state index in [0.717, 1.165) is 4.57 Å². The number of rotatable bonds is 3. The number of aromatic amines is 1. The summed E-state index contributed by atoms with van der Waals surface area (Å²) in [5.41, 5.74) is 3.44. The molecule has 0 bridgehead atoms. The summed E-state index contributed by atoms with van der Waals surface area (Å²) in [4.78, 5) is 47.2. The minimum absolute atomic E-state index is 0.0721. The Hall–Kier alpha value is -2.90. The SMILES string of the molecule is NC(=O)Cn1c(=O)c(=O)[nH]c2ccc(C(=O)O)cc21. The van der Waals surface area contributed by atoms with Gasteiger partial charge in [-0.15, -0.1) is 0 Å². The minimum atomic E-state index is -1.19. The molecule has 0 saturated carbocycles. The number of amides is 1. The molecule has 1 aromatic heterocycles. The summed E-state index contributed by atoms with van der Waals surface area (Å²) in [6, 6.07) is 3.81. The van der Waals surface area contributed by atoms with Gasteiger partial charge in [0.25, 0.3) is 0 Å². The molecule has 19 heavy (non-hydrogen) atoms. The summed E-state index contributed by atoms with van der Waals surface area (Å²) in [6.45, 7) is -0.498. The van der Waals surface area contributed by atoms with Crippen molar-refractivity contribution < 1.29 is 14.7 Å². The van der Waals surface area contributed by atoms with Crippen molar-refractivity contribution in [3.63, 3.8) is 0 Å². The molecule has 0 spiro atoms. The van der Waals surface area contributed by atoms with E-state index in [4.69, 9.17) is 10.8 Å². The van der Waals surface area contributed by atoms with Gasteiger partial charge >= 0.3 is 17.1 Å². The average Bonchev–Trinajstić information content (AvgIpc) is 2.34. The van der Waals surface area contributed by atoms with Crippen LogP contribution in [0.15, 0.2) is 27.8 Å². The van der Waals surface area contributed by atoms with Gasteiger partial charge in [0, 0.05) is 0 Å². The minimum Gasteiger partial charge on any atom is -0.478 e. The lowest BCUT2D eigenvalue weighted by Crippen LogP contribution is -2.39. The van der Waals surface area contributed by atoms with Crippen LogP contribution < -0.4 is 16.9 Å². The highest BCUT2D eigenvalue weighted by Crippen LogP contribution is 2.11. The molecule has 0 aliphatic heterocycles. The number of nitrogens with zero attached hydrogens (tertiary/aromatic N) is 1. The fraction of sp³-hybridized carbons (Fsp3) is 0.0909. The van der Waals surface area contributed by atoms with Gasteiger partial charge in [-0.05, 0) is 18.2 Å². The summed E-state index contributed by atoms with van der Waals surface area (Å²) in [7, 11) is 0. The third-order valence-corrected chi connectivity index (χ3v) is 2.54. The van der Waals surface area contributed by atoms with E-state index in [1.165, 1.54) is 18.2 Å². The zero-order valence-corrected chi connectivity index (χ0v) is 9.54. The lowest BCUT2D eigenvalue weighted by atomic mass is 10.2. The number of fused-ring (bicyclic) bond motifs is 1. The summed E-state index contributed by atoms with van der Waals surface area (Å²) in [6.07, 6.45) is 0. The van der Waals surface area contributed by atoms with Gasteiger partial charge in [-0.3, -0.25) is 19.0 Å². The maximum Gasteiger partial charge on any atom is 0.335 e.